The minimum absolute atomic E-state index is 0.0299. The molecule has 5 saturated carbocycles. The molecule has 4 aliphatic heterocycles. The van der Waals surface area contributed by atoms with Crippen LogP contribution in [-0.2, 0) is 33.2 Å². The number of hydrogen-bond donors (Lipinski definition) is 7. The van der Waals surface area contributed by atoms with E-state index in [0.717, 1.165) is 38.5 Å². The number of methoxy groups -OCH3 is 1. The highest BCUT2D eigenvalue weighted by Gasteiger charge is 2.87. The summed E-state index contributed by atoms with van der Waals surface area (Å²) in [6, 6.07) is 0. The Balaban J connectivity index is 0.974. The number of aliphatic hydroxyl groups excluding tert-OH is 7. The summed E-state index contributed by atoms with van der Waals surface area (Å²) in [5.41, 5.74) is -1.80. The third-order valence-corrected chi connectivity index (χ3v) is 17.9. The van der Waals surface area contributed by atoms with Crippen molar-refractivity contribution in [1.29, 1.82) is 0 Å². The molecule has 4 saturated heterocycles. The van der Waals surface area contributed by atoms with Crippen molar-refractivity contribution in [3.63, 3.8) is 0 Å². The van der Waals surface area contributed by atoms with Crippen LogP contribution in [0.1, 0.15) is 99.8 Å². The van der Waals surface area contributed by atoms with Gasteiger partial charge in [-0.1, -0.05) is 34.6 Å². The highest BCUT2D eigenvalue weighted by molar-refractivity contribution is 5.34. The summed E-state index contributed by atoms with van der Waals surface area (Å²) in [6.45, 7) is 15.3. The molecule has 22 atom stereocenters. The summed E-state index contributed by atoms with van der Waals surface area (Å²) in [5.74, 6) is -0.287. The molecule has 2 bridgehead atoms. The molecule has 4 heterocycles. The average molecular weight is 783 g/mol. The van der Waals surface area contributed by atoms with Crippen molar-refractivity contribution in [2.45, 2.75) is 191 Å². The monoisotopic (exact) mass is 782 g/mol. The van der Waals surface area contributed by atoms with Gasteiger partial charge in [-0.05, 0) is 104 Å². The van der Waals surface area contributed by atoms with Gasteiger partial charge in [-0.25, -0.2) is 0 Å². The van der Waals surface area contributed by atoms with Crippen LogP contribution in [0.2, 0.25) is 0 Å². The zero-order valence-corrected chi connectivity index (χ0v) is 33.7. The number of ether oxygens (including phenoxy) is 7. The molecule has 9 aliphatic rings. The maximum Gasteiger partial charge on any atom is 0.190 e. The molecule has 14 nitrogen and oxygen atoms in total. The Morgan fingerprint density at radius 1 is 0.691 bits per heavy atom. The summed E-state index contributed by atoms with van der Waals surface area (Å²) >= 11 is 0. The Kier molecular flexibility index (Phi) is 9.06. The lowest BCUT2D eigenvalue weighted by Gasteiger charge is -2.64. The van der Waals surface area contributed by atoms with Crippen molar-refractivity contribution in [3.05, 3.63) is 0 Å². The van der Waals surface area contributed by atoms with Crippen LogP contribution < -0.4 is 0 Å². The standard InChI is InChI=1S/C41H66O14/c1-18-13-21-31(36(4,5)55-34-28(48)25(45)27(47)32(49-8)52-34)54-41(53-21)16-38(7)30-19(42)14-22-35(2,3)23(51-33-26(46)24(44)20(43)15-50-33)9-10-39(22)17-40(30,39)12-11-37(38,6)29(18)41/h18-34,42-48H,9-17H2,1-8H3/t18-,19+,20+,21-,22+,23+,24+,25+,26+,27+,28-,29-,30+,31+,32-,33+,34-,37-,38+,39-,40+,41-/m1/s1. The van der Waals surface area contributed by atoms with E-state index in [1.165, 1.54) is 7.11 Å². The van der Waals surface area contributed by atoms with E-state index >= 15 is 0 Å². The first kappa shape index (κ1) is 39.9. The van der Waals surface area contributed by atoms with Crippen LogP contribution in [0.25, 0.3) is 0 Å². The molecule has 314 valence electrons. The summed E-state index contributed by atoms with van der Waals surface area (Å²) in [5, 5.41) is 75.4. The number of rotatable bonds is 6. The summed E-state index contributed by atoms with van der Waals surface area (Å²) in [6.07, 6.45) is -6.45. The van der Waals surface area contributed by atoms with Crippen LogP contribution in [0.5, 0.6) is 0 Å². The van der Waals surface area contributed by atoms with E-state index < -0.39 is 79.1 Å². The average Bonchev–Trinajstić information content (AvgIpc) is 3.58. The van der Waals surface area contributed by atoms with Crippen LogP contribution in [-0.4, -0.2) is 141 Å². The van der Waals surface area contributed by atoms with Crippen molar-refractivity contribution in [3.8, 4) is 0 Å². The molecular weight excluding hydrogens is 716 g/mol. The van der Waals surface area contributed by atoms with Gasteiger partial charge < -0.3 is 68.9 Å². The Labute approximate surface area is 324 Å². The predicted molar refractivity (Wildman–Crippen MR) is 191 cm³/mol. The van der Waals surface area contributed by atoms with E-state index in [4.69, 9.17) is 33.2 Å². The van der Waals surface area contributed by atoms with Gasteiger partial charge in [0.25, 0.3) is 0 Å². The van der Waals surface area contributed by atoms with E-state index in [2.05, 4.69) is 34.6 Å². The highest BCUT2D eigenvalue weighted by atomic mass is 16.8. The van der Waals surface area contributed by atoms with Gasteiger partial charge in [-0.3, -0.25) is 0 Å². The summed E-state index contributed by atoms with van der Waals surface area (Å²) < 4.78 is 44.0. The Morgan fingerprint density at radius 3 is 2.09 bits per heavy atom. The molecule has 0 aromatic heterocycles. The van der Waals surface area contributed by atoms with Gasteiger partial charge in [0, 0.05) is 19.4 Å². The Morgan fingerprint density at radius 2 is 1.38 bits per heavy atom. The molecule has 7 N–H and O–H groups in total. The highest BCUT2D eigenvalue weighted by Crippen LogP contribution is 2.90. The van der Waals surface area contributed by atoms with Crippen LogP contribution >= 0.6 is 0 Å². The lowest BCUT2D eigenvalue weighted by molar-refractivity contribution is -0.368. The van der Waals surface area contributed by atoms with Crippen LogP contribution in [0.4, 0.5) is 0 Å². The molecule has 0 amide bonds. The zero-order chi connectivity index (χ0) is 39.6. The molecule has 55 heavy (non-hydrogen) atoms. The van der Waals surface area contributed by atoms with Crippen LogP contribution in [0.15, 0.2) is 0 Å². The molecule has 0 unspecified atom stereocenters. The lowest BCUT2D eigenvalue weighted by Crippen LogP contribution is -2.63. The van der Waals surface area contributed by atoms with Gasteiger partial charge in [-0.15, -0.1) is 0 Å². The normalized spacial score (nSPS) is 60.6. The van der Waals surface area contributed by atoms with Crippen molar-refractivity contribution >= 4 is 0 Å². The lowest BCUT2D eigenvalue weighted by atomic mass is 9.41. The fourth-order valence-corrected chi connectivity index (χ4v) is 15.4. The third-order valence-electron chi connectivity index (χ3n) is 17.9. The van der Waals surface area contributed by atoms with E-state index in [0.29, 0.717) is 12.8 Å². The van der Waals surface area contributed by atoms with Crippen molar-refractivity contribution in [1.82, 2.24) is 0 Å². The van der Waals surface area contributed by atoms with Gasteiger partial charge in [0.15, 0.2) is 24.7 Å². The molecule has 14 heteroatoms. The molecule has 0 aromatic carbocycles. The Hall–Kier alpha value is -0.560. The van der Waals surface area contributed by atoms with E-state index in [9.17, 15) is 35.7 Å². The van der Waals surface area contributed by atoms with Gasteiger partial charge in [0.2, 0.25) is 0 Å². The second-order valence-corrected chi connectivity index (χ2v) is 21.1. The largest absolute Gasteiger partial charge is 0.393 e. The van der Waals surface area contributed by atoms with Crippen molar-refractivity contribution in [2.24, 2.45) is 50.7 Å². The van der Waals surface area contributed by atoms with Crippen molar-refractivity contribution in [2.75, 3.05) is 13.7 Å². The fourth-order valence-electron chi connectivity index (χ4n) is 15.4. The molecule has 3 spiro atoms. The maximum atomic E-state index is 12.6. The number of hydrogen-bond acceptors (Lipinski definition) is 14. The molecule has 0 radical (unpaired) electrons. The third kappa shape index (κ3) is 5.10. The molecule has 9 fully saturated rings. The number of fused-ring (bicyclic) bond motifs is 4. The first-order valence-electron chi connectivity index (χ1n) is 20.9. The Bertz CT molecular complexity index is 1510. The van der Waals surface area contributed by atoms with Crippen LogP contribution in [0.3, 0.4) is 0 Å². The maximum absolute atomic E-state index is 12.6. The second kappa shape index (κ2) is 12.5. The van der Waals surface area contributed by atoms with E-state index in [-0.39, 0.29) is 69.6 Å². The number of aliphatic hydroxyl groups is 7. The van der Waals surface area contributed by atoms with Crippen LogP contribution in [0, 0.1) is 50.7 Å². The second-order valence-electron chi connectivity index (χ2n) is 21.1. The minimum Gasteiger partial charge on any atom is -0.393 e. The fraction of sp³-hybridized carbons (Fsp3) is 1.00. The SMILES string of the molecule is CO[C@@H]1O[C@H](OC(C)(C)[C@H]2O[C@]34C[C@@]5(C)[C@@H]6[C@@H](O)C[C@H]7C(C)(C)[C@@H](O[C@@H]8OC[C@H](O)[C@H](O)[C@@H]8O)CC[C@@]78C[C@@]68CC[C@]5(C)[C@H]3[C@H](C)C[C@H]2O4)[C@H](O)[C@@H](O)[C@@H]1O. The summed E-state index contributed by atoms with van der Waals surface area (Å²) in [4.78, 5) is 0. The van der Waals surface area contributed by atoms with Gasteiger partial charge >= 0.3 is 0 Å². The first-order chi connectivity index (χ1) is 25.6. The molecular formula is C41H66O14. The molecule has 0 aromatic rings. The van der Waals surface area contributed by atoms with Gasteiger partial charge in [-0.2, -0.15) is 0 Å². The predicted octanol–water partition coefficient (Wildman–Crippen LogP) is 1.56. The van der Waals surface area contributed by atoms with Gasteiger partial charge in [0.05, 0.1) is 30.5 Å². The quantitative estimate of drug-likeness (QED) is 0.191. The molecule has 9 rings (SSSR count). The summed E-state index contributed by atoms with van der Waals surface area (Å²) in [7, 11) is 1.36. The molecule has 5 aliphatic carbocycles. The van der Waals surface area contributed by atoms with E-state index in [1.54, 1.807) is 0 Å². The smallest absolute Gasteiger partial charge is 0.190 e. The first-order valence-corrected chi connectivity index (χ1v) is 20.9. The van der Waals surface area contributed by atoms with Gasteiger partial charge in [0.1, 0.15) is 42.7 Å². The minimum atomic E-state index is -1.52. The topological polar surface area (TPSA) is 206 Å². The zero-order valence-electron chi connectivity index (χ0n) is 33.7. The van der Waals surface area contributed by atoms with Crippen molar-refractivity contribution < 1.29 is 68.9 Å². The van der Waals surface area contributed by atoms with E-state index in [1.807, 2.05) is 13.8 Å².